The lowest BCUT2D eigenvalue weighted by molar-refractivity contribution is 0.226. The van der Waals surface area contributed by atoms with Gasteiger partial charge in [-0.1, -0.05) is 6.92 Å². The molecule has 1 unspecified atom stereocenters. The number of thioether (sulfide) groups is 1. The predicted octanol–water partition coefficient (Wildman–Crippen LogP) is 2.09. The second kappa shape index (κ2) is 6.21. The second-order valence-electron chi connectivity index (χ2n) is 4.32. The zero-order valence-electron chi connectivity index (χ0n) is 10.5. The van der Waals surface area contributed by atoms with Crippen molar-refractivity contribution in [2.45, 2.75) is 30.8 Å². The van der Waals surface area contributed by atoms with Crippen LogP contribution in [0.25, 0.3) is 0 Å². The fourth-order valence-electron chi connectivity index (χ4n) is 2.20. The lowest BCUT2D eigenvalue weighted by Crippen LogP contribution is -2.41. The largest absolute Gasteiger partial charge is 0.366 e. The number of hydrogen-bond donors (Lipinski definition) is 1. The predicted molar refractivity (Wildman–Crippen MR) is 72.6 cm³/mol. The number of hydrogen-bond acceptors (Lipinski definition) is 5. The molecule has 1 atom stereocenters. The van der Waals surface area contributed by atoms with E-state index in [2.05, 4.69) is 27.1 Å². The standard InChI is InChI=1S/C12H20N4S/c1-3-16-6-4-5-10(8-16)15-11-7-12(17-2)14-9-13-11/h7,9-10H,3-6,8H2,1-2H3,(H,13,14,15). The molecule has 0 aromatic carbocycles. The van der Waals surface area contributed by atoms with E-state index in [0.717, 1.165) is 23.9 Å². The minimum Gasteiger partial charge on any atom is -0.366 e. The molecular formula is C12H20N4S. The summed E-state index contributed by atoms with van der Waals surface area (Å²) in [5.41, 5.74) is 0. The molecule has 5 heteroatoms. The van der Waals surface area contributed by atoms with Gasteiger partial charge in [-0.2, -0.15) is 0 Å². The molecule has 2 rings (SSSR count). The molecule has 0 aliphatic carbocycles. The Morgan fingerprint density at radius 1 is 1.53 bits per heavy atom. The number of nitrogens with zero attached hydrogens (tertiary/aromatic N) is 3. The molecule has 0 radical (unpaired) electrons. The van der Waals surface area contributed by atoms with E-state index in [1.54, 1.807) is 18.1 Å². The molecule has 1 aromatic rings. The van der Waals surface area contributed by atoms with Crippen LogP contribution in [0.15, 0.2) is 17.4 Å². The first-order valence-corrected chi connectivity index (χ1v) is 7.39. The molecule has 4 nitrogen and oxygen atoms in total. The van der Waals surface area contributed by atoms with Crippen LogP contribution in [0.4, 0.5) is 5.82 Å². The Hall–Kier alpha value is -0.810. The molecule has 1 aromatic heterocycles. The number of likely N-dealkylation sites (N-methyl/N-ethyl adjacent to an activating group) is 1. The van der Waals surface area contributed by atoms with E-state index in [1.165, 1.54) is 19.4 Å². The highest BCUT2D eigenvalue weighted by molar-refractivity contribution is 7.98. The van der Waals surface area contributed by atoms with Gasteiger partial charge in [0.1, 0.15) is 17.2 Å². The summed E-state index contributed by atoms with van der Waals surface area (Å²) < 4.78 is 0. The van der Waals surface area contributed by atoms with E-state index in [0.29, 0.717) is 6.04 Å². The summed E-state index contributed by atoms with van der Waals surface area (Å²) in [6.07, 6.45) is 6.17. The van der Waals surface area contributed by atoms with E-state index in [1.807, 2.05) is 12.3 Å². The van der Waals surface area contributed by atoms with Gasteiger partial charge in [-0.15, -0.1) is 11.8 Å². The molecule has 1 saturated heterocycles. The highest BCUT2D eigenvalue weighted by Crippen LogP contribution is 2.17. The normalized spacial score (nSPS) is 21.4. The third-order valence-corrected chi connectivity index (χ3v) is 3.80. The van der Waals surface area contributed by atoms with Gasteiger partial charge >= 0.3 is 0 Å². The van der Waals surface area contributed by atoms with Crippen LogP contribution < -0.4 is 5.32 Å². The maximum absolute atomic E-state index is 4.28. The Bertz CT molecular complexity index is 358. The number of nitrogens with one attached hydrogen (secondary N) is 1. The lowest BCUT2D eigenvalue weighted by atomic mass is 10.1. The molecule has 1 aliphatic rings. The average molecular weight is 252 g/mol. The molecule has 0 amide bonds. The quantitative estimate of drug-likeness (QED) is 0.656. The number of rotatable bonds is 4. The second-order valence-corrected chi connectivity index (χ2v) is 5.15. The topological polar surface area (TPSA) is 41.0 Å². The Kier molecular flexibility index (Phi) is 4.62. The lowest BCUT2D eigenvalue weighted by Gasteiger charge is -2.32. The van der Waals surface area contributed by atoms with Crippen molar-refractivity contribution in [1.29, 1.82) is 0 Å². The third-order valence-electron chi connectivity index (χ3n) is 3.16. The van der Waals surface area contributed by atoms with Gasteiger partial charge in [-0.25, -0.2) is 9.97 Å². The molecule has 1 aliphatic heterocycles. The number of aromatic nitrogens is 2. The van der Waals surface area contributed by atoms with E-state index in [9.17, 15) is 0 Å². The van der Waals surface area contributed by atoms with Crippen molar-refractivity contribution in [3.63, 3.8) is 0 Å². The minimum absolute atomic E-state index is 0.522. The Morgan fingerprint density at radius 2 is 2.41 bits per heavy atom. The summed E-state index contributed by atoms with van der Waals surface area (Å²) in [5.74, 6) is 0.951. The van der Waals surface area contributed by atoms with E-state index in [-0.39, 0.29) is 0 Å². The van der Waals surface area contributed by atoms with Gasteiger partial charge in [-0.3, -0.25) is 0 Å². The van der Waals surface area contributed by atoms with Crippen molar-refractivity contribution >= 4 is 17.6 Å². The van der Waals surface area contributed by atoms with Crippen LogP contribution in [-0.2, 0) is 0 Å². The zero-order chi connectivity index (χ0) is 12.1. The Labute approximate surface area is 107 Å². The SMILES string of the molecule is CCN1CCCC(Nc2cc(SC)ncn2)C1. The molecule has 1 fully saturated rings. The number of anilines is 1. The van der Waals surface area contributed by atoms with Gasteiger partial charge in [-0.05, 0) is 32.2 Å². The van der Waals surface area contributed by atoms with Crippen molar-refractivity contribution in [1.82, 2.24) is 14.9 Å². The Balaban J connectivity index is 1.95. The van der Waals surface area contributed by atoms with Crippen molar-refractivity contribution in [3.8, 4) is 0 Å². The van der Waals surface area contributed by atoms with Gasteiger partial charge in [0.2, 0.25) is 0 Å². The van der Waals surface area contributed by atoms with E-state index in [4.69, 9.17) is 0 Å². The van der Waals surface area contributed by atoms with Gasteiger partial charge in [0.15, 0.2) is 0 Å². The van der Waals surface area contributed by atoms with Crippen LogP contribution in [0, 0.1) is 0 Å². The highest BCUT2D eigenvalue weighted by Gasteiger charge is 2.18. The molecule has 1 N–H and O–H groups in total. The summed E-state index contributed by atoms with van der Waals surface area (Å²) >= 11 is 1.65. The van der Waals surface area contributed by atoms with Crippen molar-refractivity contribution < 1.29 is 0 Å². The monoisotopic (exact) mass is 252 g/mol. The molecule has 2 heterocycles. The van der Waals surface area contributed by atoms with Gasteiger partial charge in [0.25, 0.3) is 0 Å². The van der Waals surface area contributed by atoms with E-state index >= 15 is 0 Å². The van der Waals surface area contributed by atoms with Crippen LogP contribution in [0.2, 0.25) is 0 Å². The first-order valence-electron chi connectivity index (χ1n) is 6.16. The maximum Gasteiger partial charge on any atom is 0.130 e. The fourth-order valence-corrected chi connectivity index (χ4v) is 2.58. The fraction of sp³-hybridized carbons (Fsp3) is 0.667. The first-order chi connectivity index (χ1) is 8.31. The van der Waals surface area contributed by atoms with Crippen molar-refractivity contribution in [2.75, 3.05) is 31.2 Å². The Morgan fingerprint density at radius 3 is 3.18 bits per heavy atom. The number of piperidine rings is 1. The smallest absolute Gasteiger partial charge is 0.130 e. The third kappa shape index (κ3) is 3.57. The summed E-state index contributed by atoms with van der Waals surface area (Å²) in [4.78, 5) is 10.9. The summed E-state index contributed by atoms with van der Waals surface area (Å²) in [7, 11) is 0. The highest BCUT2D eigenvalue weighted by atomic mass is 32.2. The summed E-state index contributed by atoms with van der Waals surface area (Å²) in [5, 5.41) is 4.53. The van der Waals surface area contributed by atoms with Crippen molar-refractivity contribution in [2.24, 2.45) is 0 Å². The van der Waals surface area contributed by atoms with Crippen LogP contribution in [0.3, 0.4) is 0 Å². The molecule has 17 heavy (non-hydrogen) atoms. The van der Waals surface area contributed by atoms with Crippen molar-refractivity contribution in [3.05, 3.63) is 12.4 Å². The maximum atomic E-state index is 4.28. The van der Waals surface area contributed by atoms with Gasteiger partial charge in [0, 0.05) is 18.7 Å². The summed E-state index contributed by atoms with van der Waals surface area (Å²) in [6.45, 7) is 5.71. The molecular weight excluding hydrogens is 232 g/mol. The zero-order valence-corrected chi connectivity index (χ0v) is 11.3. The molecule has 0 spiro atoms. The molecule has 0 saturated carbocycles. The summed E-state index contributed by atoms with van der Waals surface area (Å²) in [6, 6.07) is 2.54. The van der Waals surface area contributed by atoms with Crippen LogP contribution in [0.5, 0.6) is 0 Å². The van der Waals surface area contributed by atoms with E-state index < -0.39 is 0 Å². The molecule has 94 valence electrons. The van der Waals surface area contributed by atoms with Gasteiger partial charge in [0.05, 0.1) is 0 Å². The van der Waals surface area contributed by atoms with Gasteiger partial charge < -0.3 is 10.2 Å². The van der Waals surface area contributed by atoms with Crippen LogP contribution in [0.1, 0.15) is 19.8 Å². The number of likely N-dealkylation sites (tertiary alicyclic amines) is 1. The van der Waals surface area contributed by atoms with Crippen LogP contribution >= 0.6 is 11.8 Å². The first kappa shape index (κ1) is 12.6. The molecule has 0 bridgehead atoms. The van der Waals surface area contributed by atoms with Crippen LogP contribution in [-0.4, -0.2) is 46.8 Å². The minimum atomic E-state index is 0.522. The average Bonchev–Trinajstić information content (AvgIpc) is 2.39.